The van der Waals surface area contributed by atoms with E-state index in [1.165, 1.54) is 0 Å². The first-order valence-corrected chi connectivity index (χ1v) is 9.13. The zero-order valence-corrected chi connectivity index (χ0v) is 15.5. The van der Waals surface area contributed by atoms with Crippen molar-refractivity contribution in [1.29, 1.82) is 5.26 Å². The summed E-state index contributed by atoms with van der Waals surface area (Å²) in [5.41, 5.74) is 2.06. The molecular formula is C24H19N3O. The number of hydrogen-bond donors (Lipinski definition) is 0. The van der Waals surface area contributed by atoms with Crippen molar-refractivity contribution in [3.63, 3.8) is 0 Å². The van der Waals surface area contributed by atoms with E-state index in [0.29, 0.717) is 5.56 Å². The minimum atomic E-state index is -0.787. The molecule has 28 heavy (non-hydrogen) atoms. The highest BCUT2D eigenvalue weighted by atomic mass is 16.1. The fraction of sp³-hybridized carbons (Fsp3) is 0.125. The number of pyridine rings is 2. The molecule has 1 aliphatic rings. The van der Waals surface area contributed by atoms with E-state index in [0.717, 1.165) is 16.9 Å². The van der Waals surface area contributed by atoms with Gasteiger partial charge in [0.25, 0.3) is 5.56 Å². The Morgan fingerprint density at radius 3 is 2.61 bits per heavy atom. The van der Waals surface area contributed by atoms with Gasteiger partial charge in [0.2, 0.25) is 0 Å². The van der Waals surface area contributed by atoms with E-state index in [9.17, 15) is 10.1 Å². The molecule has 0 saturated carbocycles. The second-order valence-electron chi connectivity index (χ2n) is 7.03. The van der Waals surface area contributed by atoms with Gasteiger partial charge >= 0.3 is 0 Å². The summed E-state index contributed by atoms with van der Waals surface area (Å²) in [7, 11) is 0. The summed E-state index contributed by atoms with van der Waals surface area (Å²) in [6.07, 6.45) is 11.1. The van der Waals surface area contributed by atoms with Crippen molar-refractivity contribution in [3.05, 3.63) is 107 Å². The van der Waals surface area contributed by atoms with Crippen LogP contribution in [0.15, 0.2) is 96.1 Å². The van der Waals surface area contributed by atoms with Gasteiger partial charge in [-0.25, -0.2) is 0 Å². The van der Waals surface area contributed by atoms with Gasteiger partial charge < -0.3 is 0 Å². The van der Waals surface area contributed by atoms with Crippen LogP contribution in [0.2, 0.25) is 0 Å². The Bertz CT molecular complexity index is 1150. The van der Waals surface area contributed by atoms with E-state index in [-0.39, 0.29) is 11.5 Å². The lowest BCUT2D eigenvalue weighted by Crippen LogP contribution is -2.30. The molecule has 136 valence electrons. The van der Waals surface area contributed by atoms with Crippen molar-refractivity contribution in [2.24, 2.45) is 5.41 Å². The maximum Gasteiger partial charge on any atom is 0.258 e. The highest BCUT2D eigenvalue weighted by Crippen LogP contribution is 2.39. The quantitative estimate of drug-likeness (QED) is 0.679. The first-order chi connectivity index (χ1) is 13.6. The summed E-state index contributed by atoms with van der Waals surface area (Å²) in [6.45, 7) is 1.86. The molecule has 4 rings (SSSR count). The fourth-order valence-electron chi connectivity index (χ4n) is 3.55. The van der Waals surface area contributed by atoms with Crippen LogP contribution in [0.25, 0.3) is 16.9 Å². The normalized spacial score (nSPS) is 20.6. The van der Waals surface area contributed by atoms with E-state index < -0.39 is 5.41 Å². The van der Waals surface area contributed by atoms with E-state index in [4.69, 9.17) is 0 Å². The third kappa shape index (κ3) is 3.08. The Kier molecular flexibility index (Phi) is 4.50. The molecule has 0 aliphatic heterocycles. The van der Waals surface area contributed by atoms with Gasteiger partial charge in [0.15, 0.2) is 0 Å². The number of aromatic nitrogens is 2. The van der Waals surface area contributed by atoms with E-state index in [2.05, 4.69) is 11.1 Å². The Hall–Kier alpha value is -3.71. The summed E-state index contributed by atoms with van der Waals surface area (Å²) >= 11 is 0. The Morgan fingerprint density at radius 2 is 1.89 bits per heavy atom. The fourth-order valence-corrected chi connectivity index (χ4v) is 3.55. The van der Waals surface area contributed by atoms with Crippen LogP contribution in [0.4, 0.5) is 0 Å². The predicted octanol–water partition coefficient (Wildman–Crippen LogP) is 4.64. The number of para-hydroxylation sites is 1. The molecule has 0 spiro atoms. The van der Waals surface area contributed by atoms with Gasteiger partial charge in [-0.05, 0) is 37.3 Å². The summed E-state index contributed by atoms with van der Waals surface area (Å²) in [5.74, 6) is -0.339. The molecule has 0 bridgehead atoms. The molecule has 0 radical (unpaired) electrons. The SMILES string of the molecule is CC1(C#N)C=CC=CC1c1cc(-c2ccccn2)cn(-c2ccccc2)c1=O. The van der Waals surface area contributed by atoms with Crippen LogP contribution in [-0.4, -0.2) is 9.55 Å². The van der Waals surface area contributed by atoms with E-state index >= 15 is 0 Å². The minimum absolute atomic E-state index is 0.127. The van der Waals surface area contributed by atoms with Gasteiger partial charge in [0, 0.05) is 35.1 Å². The summed E-state index contributed by atoms with van der Waals surface area (Å²) in [5, 5.41) is 9.79. The topological polar surface area (TPSA) is 58.7 Å². The zero-order valence-electron chi connectivity index (χ0n) is 15.5. The molecule has 0 saturated heterocycles. The first-order valence-electron chi connectivity index (χ1n) is 9.13. The second-order valence-corrected chi connectivity index (χ2v) is 7.03. The lowest BCUT2D eigenvalue weighted by molar-refractivity contribution is 0.494. The maximum absolute atomic E-state index is 13.4. The average molecular weight is 365 g/mol. The molecule has 4 nitrogen and oxygen atoms in total. The molecule has 1 aromatic carbocycles. The summed E-state index contributed by atoms with van der Waals surface area (Å²) in [6, 6.07) is 19.4. The van der Waals surface area contributed by atoms with Crippen molar-refractivity contribution >= 4 is 0 Å². The summed E-state index contributed by atoms with van der Waals surface area (Å²) < 4.78 is 1.64. The molecular weight excluding hydrogens is 346 g/mol. The van der Waals surface area contributed by atoms with Gasteiger partial charge in [-0.3, -0.25) is 14.3 Å². The van der Waals surface area contributed by atoms with Crippen molar-refractivity contribution in [2.45, 2.75) is 12.8 Å². The van der Waals surface area contributed by atoms with Gasteiger partial charge in [0.05, 0.1) is 17.2 Å². The van der Waals surface area contributed by atoms with Crippen molar-refractivity contribution < 1.29 is 0 Å². The number of allylic oxidation sites excluding steroid dienone is 4. The molecule has 0 amide bonds. The summed E-state index contributed by atoms with van der Waals surface area (Å²) in [4.78, 5) is 17.9. The van der Waals surface area contributed by atoms with Crippen LogP contribution < -0.4 is 5.56 Å². The van der Waals surface area contributed by atoms with Crippen molar-refractivity contribution in [1.82, 2.24) is 9.55 Å². The van der Waals surface area contributed by atoms with Gasteiger partial charge in [0.1, 0.15) is 0 Å². The number of rotatable bonds is 3. The van der Waals surface area contributed by atoms with Crippen LogP contribution in [0.3, 0.4) is 0 Å². The number of nitrogens with zero attached hydrogens (tertiary/aromatic N) is 3. The van der Waals surface area contributed by atoms with E-state index in [1.807, 2.05) is 92.0 Å². The van der Waals surface area contributed by atoms with Crippen LogP contribution in [0.1, 0.15) is 18.4 Å². The molecule has 2 heterocycles. The molecule has 2 unspecified atom stereocenters. The van der Waals surface area contributed by atoms with Gasteiger partial charge in [-0.15, -0.1) is 0 Å². The molecule has 1 aliphatic carbocycles. The molecule has 4 heteroatoms. The van der Waals surface area contributed by atoms with Crippen LogP contribution in [-0.2, 0) is 0 Å². The van der Waals surface area contributed by atoms with Crippen LogP contribution in [0, 0.1) is 16.7 Å². The highest BCUT2D eigenvalue weighted by Gasteiger charge is 2.35. The molecule has 0 N–H and O–H groups in total. The monoisotopic (exact) mass is 365 g/mol. The van der Waals surface area contributed by atoms with Gasteiger partial charge in [-0.1, -0.05) is 48.6 Å². The number of benzene rings is 1. The standard InChI is InChI=1S/C24H19N3O/c1-24(17-25)13-7-5-11-21(24)20-15-18(22-12-6-8-14-26-22)16-27(23(20)28)19-9-3-2-4-10-19/h2-16,21H,1H3. The highest BCUT2D eigenvalue weighted by molar-refractivity contribution is 5.60. The molecule has 0 fully saturated rings. The third-order valence-electron chi connectivity index (χ3n) is 5.12. The van der Waals surface area contributed by atoms with Crippen molar-refractivity contribution in [3.8, 4) is 23.0 Å². The molecule has 2 atom stereocenters. The van der Waals surface area contributed by atoms with Crippen LogP contribution >= 0.6 is 0 Å². The first kappa shape index (κ1) is 17.7. The van der Waals surface area contributed by atoms with Crippen molar-refractivity contribution in [2.75, 3.05) is 0 Å². The lowest BCUT2D eigenvalue weighted by Gasteiger charge is -2.29. The Morgan fingerprint density at radius 1 is 1.11 bits per heavy atom. The number of hydrogen-bond acceptors (Lipinski definition) is 3. The zero-order chi connectivity index (χ0) is 19.6. The molecule has 3 aromatic rings. The third-order valence-corrected chi connectivity index (χ3v) is 5.12. The Labute approximate surface area is 163 Å². The minimum Gasteiger partial charge on any atom is -0.283 e. The predicted molar refractivity (Wildman–Crippen MR) is 110 cm³/mol. The average Bonchev–Trinajstić information content (AvgIpc) is 2.76. The lowest BCUT2D eigenvalue weighted by atomic mass is 9.72. The number of nitriles is 1. The largest absolute Gasteiger partial charge is 0.283 e. The van der Waals surface area contributed by atoms with Gasteiger partial charge in [-0.2, -0.15) is 5.26 Å². The second kappa shape index (κ2) is 7.13. The van der Waals surface area contributed by atoms with Crippen LogP contribution in [0.5, 0.6) is 0 Å². The smallest absolute Gasteiger partial charge is 0.258 e. The Balaban J connectivity index is 1.99. The maximum atomic E-state index is 13.4. The van der Waals surface area contributed by atoms with E-state index in [1.54, 1.807) is 10.8 Å². The molecule has 2 aromatic heterocycles.